The Morgan fingerprint density at radius 2 is 2.14 bits per heavy atom. The summed E-state index contributed by atoms with van der Waals surface area (Å²) in [5.41, 5.74) is 1.38. The number of aromatic nitrogens is 1. The molecule has 0 spiro atoms. The number of hydrogen-bond acceptors (Lipinski definition) is 3. The molecule has 4 nitrogen and oxygen atoms in total. The number of nitrogens with zero attached hydrogens (tertiary/aromatic N) is 1. The zero-order valence-electron chi connectivity index (χ0n) is 12.0. The van der Waals surface area contributed by atoms with Crippen molar-refractivity contribution in [2.75, 3.05) is 0 Å². The third-order valence-electron chi connectivity index (χ3n) is 2.68. The van der Waals surface area contributed by atoms with Crippen molar-refractivity contribution < 1.29 is 9.53 Å². The molecule has 0 fully saturated rings. The van der Waals surface area contributed by atoms with Crippen LogP contribution in [0.3, 0.4) is 0 Å². The van der Waals surface area contributed by atoms with Crippen LogP contribution in [0.4, 0.5) is 0 Å². The fraction of sp³-hybridized carbons (Fsp3) is 0.250. The first-order chi connectivity index (χ1) is 10.0. The molecule has 5 heteroatoms. The number of carbonyl (C=O) groups excluding carboxylic acids is 1. The topological polar surface area (TPSA) is 51.2 Å². The largest absolute Gasteiger partial charge is 0.491 e. The predicted molar refractivity (Wildman–Crippen MR) is 85.3 cm³/mol. The van der Waals surface area contributed by atoms with E-state index < -0.39 is 0 Å². The summed E-state index contributed by atoms with van der Waals surface area (Å²) in [6, 6.07) is 11.2. The van der Waals surface area contributed by atoms with E-state index in [2.05, 4.69) is 26.2 Å². The van der Waals surface area contributed by atoms with Crippen molar-refractivity contribution in [1.82, 2.24) is 10.3 Å². The maximum atomic E-state index is 12.0. The number of benzene rings is 1. The van der Waals surface area contributed by atoms with E-state index in [4.69, 9.17) is 4.74 Å². The van der Waals surface area contributed by atoms with Crippen molar-refractivity contribution in [2.24, 2.45) is 0 Å². The second-order valence-electron chi connectivity index (χ2n) is 4.86. The van der Waals surface area contributed by atoms with Crippen LogP contribution in [0.2, 0.25) is 0 Å². The number of carbonyl (C=O) groups is 1. The summed E-state index contributed by atoms with van der Waals surface area (Å²) < 4.78 is 6.47. The number of ether oxygens (including phenoxy) is 1. The number of hydrogen-bond donors (Lipinski definition) is 1. The lowest BCUT2D eigenvalue weighted by Gasteiger charge is -2.11. The Hall–Kier alpha value is -1.88. The zero-order chi connectivity index (χ0) is 15.2. The molecule has 0 aliphatic carbocycles. The molecule has 2 rings (SSSR count). The van der Waals surface area contributed by atoms with Gasteiger partial charge in [0.2, 0.25) is 0 Å². The van der Waals surface area contributed by atoms with Gasteiger partial charge in [-0.15, -0.1) is 0 Å². The number of amides is 1. The van der Waals surface area contributed by atoms with E-state index in [-0.39, 0.29) is 12.0 Å². The van der Waals surface area contributed by atoms with Gasteiger partial charge in [0.25, 0.3) is 5.91 Å². The Morgan fingerprint density at radius 3 is 2.81 bits per heavy atom. The number of rotatable bonds is 5. The molecule has 0 aliphatic heterocycles. The van der Waals surface area contributed by atoms with Crippen LogP contribution in [0.15, 0.2) is 47.1 Å². The molecule has 110 valence electrons. The predicted octanol–water partition coefficient (Wildman–Crippen LogP) is 3.56. The standard InChI is InChI=1S/C16H17BrN2O2/c1-11(2)21-14-5-3-4-12(8-14)9-19-16(20)15-7-6-13(17)10-18-15/h3-8,10-11H,9H2,1-2H3,(H,19,20). The summed E-state index contributed by atoms with van der Waals surface area (Å²) in [5.74, 6) is 0.608. The lowest BCUT2D eigenvalue weighted by Crippen LogP contribution is -2.23. The molecule has 1 heterocycles. The molecule has 1 N–H and O–H groups in total. The van der Waals surface area contributed by atoms with Gasteiger partial charge in [0, 0.05) is 17.2 Å². The van der Waals surface area contributed by atoms with Crippen molar-refractivity contribution >= 4 is 21.8 Å². The third-order valence-corrected chi connectivity index (χ3v) is 3.15. The van der Waals surface area contributed by atoms with Crippen LogP contribution in [-0.4, -0.2) is 17.0 Å². The first-order valence-corrected chi connectivity index (χ1v) is 7.49. The highest BCUT2D eigenvalue weighted by atomic mass is 79.9. The Kier molecular flexibility index (Phi) is 5.33. The summed E-state index contributed by atoms with van der Waals surface area (Å²) in [5, 5.41) is 2.84. The van der Waals surface area contributed by atoms with Gasteiger partial charge in [-0.1, -0.05) is 12.1 Å². The summed E-state index contributed by atoms with van der Waals surface area (Å²) in [7, 11) is 0. The van der Waals surface area contributed by atoms with Crippen LogP contribution in [0.25, 0.3) is 0 Å². The van der Waals surface area contributed by atoms with Crippen LogP contribution >= 0.6 is 15.9 Å². The summed E-state index contributed by atoms with van der Waals surface area (Å²) in [6.07, 6.45) is 1.73. The molecule has 2 aromatic rings. The molecule has 21 heavy (non-hydrogen) atoms. The molecule has 0 bridgehead atoms. The zero-order valence-corrected chi connectivity index (χ0v) is 13.6. The molecule has 0 saturated carbocycles. The average molecular weight is 349 g/mol. The van der Waals surface area contributed by atoms with Gasteiger partial charge in [0.05, 0.1) is 6.10 Å². The van der Waals surface area contributed by atoms with Gasteiger partial charge >= 0.3 is 0 Å². The second-order valence-corrected chi connectivity index (χ2v) is 5.77. The maximum absolute atomic E-state index is 12.0. The van der Waals surface area contributed by atoms with Gasteiger partial charge in [0.1, 0.15) is 11.4 Å². The van der Waals surface area contributed by atoms with Gasteiger partial charge in [-0.2, -0.15) is 0 Å². The van der Waals surface area contributed by atoms with E-state index in [0.29, 0.717) is 12.2 Å². The van der Waals surface area contributed by atoms with Gasteiger partial charge in [-0.05, 0) is 59.6 Å². The average Bonchev–Trinajstić information content (AvgIpc) is 2.45. The minimum absolute atomic E-state index is 0.127. The number of halogens is 1. The Morgan fingerprint density at radius 1 is 1.33 bits per heavy atom. The van der Waals surface area contributed by atoms with E-state index in [1.165, 1.54) is 0 Å². The third kappa shape index (κ3) is 4.86. The molecule has 0 unspecified atom stereocenters. The smallest absolute Gasteiger partial charge is 0.270 e. The molecule has 1 aromatic heterocycles. The molecule has 0 radical (unpaired) electrons. The fourth-order valence-electron chi connectivity index (χ4n) is 1.78. The van der Waals surface area contributed by atoms with Crippen LogP contribution in [0, 0.1) is 0 Å². The molecule has 0 atom stereocenters. The van der Waals surface area contributed by atoms with Crippen molar-refractivity contribution in [2.45, 2.75) is 26.5 Å². The quantitative estimate of drug-likeness (QED) is 0.898. The lowest BCUT2D eigenvalue weighted by atomic mass is 10.2. The first kappa shape index (κ1) is 15.5. The maximum Gasteiger partial charge on any atom is 0.270 e. The van der Waals surface area contributed by atoms with Crippen molar-refractivity contribution in [3.63, 3.8) is 0 Å². The molecule has 0 aliphatic rings. The first-order valence-electron chi connectivity index (χ1n) is 6.70. The highest BCUT2D eigenvalue weighted by Gasteiger charge is 2.07. The van der Waals surface area contributed by atoms with Gasteiger partial charge < -0.3 is 10.1 Å². The molecular formula is C16H17BrN2O2. The van der Waals surface area contributed by atoms with Gasteiger partial charge in [-0.25, -0.2) is 4.98 Å². The Bertz CT molecular complexity index is 612. The second kappa shape index (κ2) is 7.22. The van der Waals surface area contributed by atoms with E-state index >= 15 is 0 Å². The Balaban J connectivity index is 1.96. The van der Waals surface area contributed by atoms with E-state index in [1.807, 2.05) is 38.1 Å². The molecule has 1 amide bonds. The van der Waals surface area contributed by atoms with E-state index in [1.54, 1.807) is 18.3 Å². The molecule has 1 aromatic carbocycles. The highest BCUT2D eigenvalue weighted by Crippen LogP contribution is 2.15. The SMILES string of the molecule is CC(C)Oc1cccc(CNC(=O)c2ccc(Br)cn2)c1. The van der Waals surface area contributed by atoms with Crippen molar-refractivity contribution in [3.8, 4) is 5.75 Å². The van der Waals surface area contributed by atoms with Gasteiger partial charge in [-0.3, -0.25) is 4.79 Å². The summed E-state index contributed by atoms with van der Waals surface area (Å²) in [6.45, 7) is 4.40. The van der Waals surface area contributed by atoms with E-state index in [0.717, 1.165) is 15.8 Å². The summed E-state index contributed by atoms with van der Waals surface area (Å²) >= 11 is 3.29. The van der Waals surface area contributed by atoms with Crippen molar-refractivity contribution in [1.29, 1.82) is 0 Å². The monoisotopic (exact) mass is 348 g/mol. The minimum Gasteiger partial charge on any atom is -0.491 e. The van der Waals surface area contributed by atoms with Crippen LogP contribution < -0.4 is 10.1 Å². The Labute approximate surface area is 132 Å². The number of nitrogens with one attached hydrogen (secondary N) is 1. The van der Waals surface area contributed by atoms with E-state index in [9.17, 15) is 4.79 Å². The van der Waals surface area contributed by atoms with Gasteiger partial charge in [0.15, 0.2) is 0 Å². The number of pyridine rings is 1. The lowest BCUT2D eigenvalue weighted by molar-refractivity contribution is 0.0946. The molecule has 0 saturated heterocycles. The van der Waals surface area contributed by atoms with Crippen LogP contribution in [-0.2, 0) is 6.54 Å². The highest BCUT2D eigenvalue weighted by molar-refractivity contribution is 9.10. The van der Waals surface area contributed by atoms with Crippen LogP contribution in [0.5, 0.6) is 5.75 Å². The minimum atomic E-state index is -0.197. The normalized spacial score (nSPS) is 10.5. The van der Waals surface area contributed by atoms with Crippen molar-refractivity contribution in [3.05, 3.63) is 58.3 Å². The fourth-order valence-corrected chi connectivity index (χ4v) is 2.02. The summed E-state index contributed by atoms with van der Waals surface area (Å²) in [4.78, 5) is 16.0. The molecular weight excluding hydrogens is 332 g/mol. The van der Waals surface area contributed by atoms with Crippen LogP contribution in [0.1, 0.15) is 29.9 Å².